The van der Waals surface area contributed by atoms with Crippen LogP contribution in [0.25, 0.3) is 11.2 Å². The zero-order valence-corrected chi connectivity index (χ0v) is 11.9. The Morgan fingerprint density at radius 3 is 2.37 bits per heavy atom. The van der Waals surface area contributed by atoms with Crippen molar-refractivity contribution in [3.63, 3.8) is 0 Å². The summed E-state index contributed by atoms with van der Waals surface area (Å²) in [5, 5.41) is 3.23. The summed E-state index contributed by atoms with van der Waals surface area (Å²) in [5.41, 5.74) is 0.132. The maximum absolute atomic E-state index is 12.2. The van der Waals surface area contributed by atoms with Crippen molar-refractivity contribution in [1.29, 1.82) is 0 Å². The van der Waals surface area contributed by atoms with Gasteiger partial charge in [0, 0.05) is 27.2 Å². The van der Waals surface area contributed by atoms with Crippen LogP contribution in [0.5, 0.6) is 0 Å². The molecule has 0 radical (unpaired) electrons. The number of hydrogen-bond donors (Lipinski definition) is 1. The second-order valence-electron chi connectivity index (χ2n) is 4.83. The molecule has 1 atom stereocenters. The van der Waals surface area contributed by atoms with Gasteiger partial charge < -0.3 is 9.88 Å². The van der Waals surface area contributed by atoms with E-state index in [2.05, 4.69) is 17.2 Å². The lowest BCUT2D eigenvalue weighted by molar-refractivity contribution is 0.705. The van der Waals surface area contributed by atoms with E-state index in [1.807, 2.05) is 6.92 Å². The number of imidazole rings is 1. The Labute approximate surface area is 110 Å². The van der Waals surface area contributed by atoms with Crippen molar-refractivity contribution in [2.75, 3.05) is 5.32 Å². The third-order valence-corrected chi connectivity index (χ3v) is 3.46. The van der Waals surface area contributed by atoms with E-state index >= 15 is 0 Å². The minimum absolute atomic E-state index is 0.247. The van der Waals surface area contributed by atoms with E-state index in [1.54, 1.807) is 18.7 Å². The molecule has 2 rings (SSSR count). The highest BCUT2D eigenvalue weighted by Gasteiger charge is 2.17. The van der Waals surface area contributed by atoms with Crippen molar-refractivity contribution in [3.05, 3.63) is 20.8 Å². The Kier molecular flexibility index (Phi) is 3.21. The standard InChI is InChI=1S/C12H19N5O2/c1-6-7(2)13-11-14-9-8(15(11)3)10(18)17(5)12(19)16(9)4/h7H,6H2,1-5H3,(H,13,14)/t7-/m1/s1. The van der Waals surface area contributed by atoms with E-state index in [0.29, 0.717) is 17.1 Å². The first-order valence-corrected chi connectivity index (χ1v) is 6.27. The fourth-order valence-corrected chi connectivity index (χ4v) is 1.97. The smallest absolute Gasteiger partial charge is 0.332 e. The molecule has 7 heteroatoms. The molecule has 0 bridgehead atoms. The normalized spacial score (nSPS) is 12.9. The van der Waals surface area contributed by atoms with Crippen molar-refractivity contribution in [3.8, 4) is 0 Å². The van der Waals surface area contributed by atoms with E-state index in [4.69, 9.17) is 0 Å². The van der Waals surface area contributed by atoms with Gasteiger partial charge in [0.25, 0.3) is 5.56 Å². The minimum Gasteiger partial charge on any atom is -0.353 e. The van der Waals surface area contributed by atoms with E-state index in [0.717, 1.165) is 11.0 Å². The molecule has 0 aliphatic heterocycles. The van der Waals surface area contributed by atoms with Crippen molar-refractivity contribution in [2.45, 2.75) is 26.3 Å². The summed E-state index contributed by atoms with van der Waals surface area (Å²) >= 11 is 0. The molecule has 7 nitrogen and oxygen atoms in total. The molecule has 2 aromatic heterocycles. The van der Waals surface area contributed by atoms with Gasteiger partial charge in [0.2, 0.25) is 5.95 Å². The lowest BCUT2D eigenvalue weighted by Gasteiger charge is -2.11. The Balaban J connectivity index is 2.77. The summed E-state index contributed by atoms with van der Waals surface area (Å²) < 4.78 is 4.18. The van der Waals surface area contributed by atoms with Crippen LogP contribution in [0, 0.1) is 0 Å². The maximum atomic E-state index is 12.2. The molecule has 0 unspecified atom stereocenters. The average Bonchev–Trinajstić information content (AvgIpc) is 2.71. The first-order chi connectivity index (χ1) is 8.88. The molecule has 19 heavy (non-hydrogen) atoms. The minimum atomic E-state index is -0.370. The lowest BCUT2D eigenvalue weighted by atomic mass is 10.3. The van der Waals surface area contributed by atoms with Crippen LogP contribution in [-0.4, -0.2) is 24.7 Å². The second-order valence-corrected chi connectivity index (χ2v) is 4.83. The van der Waals surface area contributed by atoms with Crippen LogP contribution in [-0.2, 0) is 21.1 Å². The van der Waals surface area contributed by atoms with Gasteiger partial charge in [-0.3, -0.25) is 13.9 Å². The number of nitrogens with zero attached hydrogens (tertiary/aromatic N) is 4. The summed E-state index contributed by atoms with van der Waals surface area (Å²) in [5.74, 6) is 0.600. The number of aromatic nitrogens is 4. The molecule has 0 fully saturated rings. The molecule has 0 amide bonds. The summed E-state index contributed by atoms with van der Waals surface area (Å²) in [4.78, 5) is 28.4. The number of fused-ring (bicyclic) bond motifs is 1. The molecule has 1 N–H and O–H groups in total. The van der Waals surface area contributed by atoms with Gasteiger partial charge in [0.05, 0.1) is 0 Å². The summed E-state index contributed by atoms with van der Waals surface area (Å²) in [6, 6.07) is 0.247. The molecule has 0 aliphatic rings. The van der Waals surface area contributed by atoms with Crippen LogP contribution in [0.15, 0.2) is 9.59 Å². The molecule has 0 spiro atoms. The first kappa shape index (κ1) is 13.4. The Hall–Kier alpha value is -2.05. The van der Waals surface area contributed by atoms with Gasteiger partial charge in [-0.05, 0) is 13.3 Å². The van der Waals surface area contributed by atoms with Gasteiger partial charge in [0.15, 0.2) is 11.2 Å². The molecule has 104 valence electrons. The first-order valence-electron chi connectivity index (χ1n) is 6.27. The number of rotatable bonds is 3. The van der Waals surface area contributed by atoms with Gasteiger partial charge in [-0.25, -0.2) is 4.79 Å². The van der Waals surface area contributed by atoms with Crippen LogP contribution >= 0.6 is 0 Å². The van der Waals surface area contributed by atoms with E-state index in [1.165, 1.54) is 11.6 Å². The van der Waals surface area contributed by atoms with Crippen LogP contribution in [0.2, 0.25) is 0 Å². The highest BCUT2D eigenvalue weighted by atomic mass is 16.2. The van der Waals surface area contributed by atoms with Gasteiger partial charge in [-0.15, -0.1) is 0 Å². The van der Waals surface area contributed by atoms with E-state index in [9.17, 15) is 9.59 Å². The number of aryl methyl sites for hydroxylation is 2. The quantitative estimate of drug-likeness (QED) is 0.859. The zero-order chi connectivity index (χ0) is 14.3. The Morgan fingerprint density at radius 1 is 1.16 bits per heavy atom. The third kappa shape index (κ3) is 1.94. The van der Waals surface area contributed by atoms with Crippen molar-refractivity contribution in [2.24, 2.45) is 21.1 Å². The van der Waals surface area contributed by atoms with Crippen molar-refractivity contribution in [1.82, 2.24) is 18.7 Å². The fraction of sp³-hybridized carbons (Fsp3) is 0.583. The second kappa shape index (κ2) is 4.56. The van der Waals surface area contributed by atoms with Crippen LogP contribution in [0.1, 0.15) is 20.3 Å². The molecule has 0 saturated heterocycles. The average molecular weight is 265 g/mol. The number of anilines is 1. The van der Waals surface area contributed by atoms with E-state index < -0.39 is 0 Å². The number of nitrogens with one attached hydrogen (secondary N) is 1. The van der Waals surface area contributed by atoms with Gasteiger partial charge in [0.1, 0.15) is 0 Å². The van der Waals surface area contributed by atoms with Gasteiger partial charge in [-0.1, -0.05) is 6.92 Å². The highest BCUT2D eigenvalue weighted by Crippen LogP contribution is 2.14. The molecular formula is C12H19N5O2. The van der Waals surface area contributed by atoms with E-state index in [-0.39, 0.29) is 17.3 Å². The fourth-order valence-electron chi connectivity index (χ4n) is 1.97. The highest BCUT2D eigenvalue weighted by molar-refractivity contribution is 5.74. The predicted octanol–water partition coefficient (Wildman–Crippen LogP) is 0.181. The molecular weight excluding hydrogens is 246 g/mol. The maximum Gasteiger partial charge on any atom is 0.332 e. The van der Waals surface area contributed by atoms with Crippen LogP contribution < -0.4 is 16.6 Å². The molecule has 0 saturated carbocycles. The summed E-state index contributed by atoms with van der Waals surface area (Å²) in [7, 11) is 4.86. The van der Waals surface area contributed by atoms with Gasteiger partial charge in [-0.2, -0.15) is 4.98 Å². The van der Waals surface area contributed by atoms with Crippen molar-refractivity contribution >= 4 is 17.1 Å². The Morgan fingerprint density at radius 2 is 1.79 bits per heavy atom. The predicted molar refractivity (Wildman–Crippen MR) is 74.6 cm³/mol. The van der Waals surface area contributed by atoms with Crippen molar-refractivity contribution < 1.29 is 0 Å². The molecule has 0 aromatic carbocycles. The molecule has 0 aliphatic carbocycles. The van der Waals surface area contributed by atoms with Crippen LogP contribution in [0.3, 0.4) is 0 Å². The molecule has 2 aromatic rings. The Bertz CT molecular complexity index is 737. The monoisotopic (exact) mass is 265 g/mol. The summed E-state index contributed by atoms with van der Waals surface area (Å²) in [6.45, 7) is 4.10. The van der Waals surface area contributed by atoms with Crippen LogP contribution in [0.4, 0.5) is 5.95 Å². The SMILES string of the molecule is CC[C@@H](C)Nc1nc2c(c(=O)n(C)c(=O)n2C)n1C. The topological polar surface area (TPSA) is 73.8 Å². The lowest BCUT2D eigenvalue weighted by Crippen LogP contribution is -2.37. The zero-order valence-electron chi connectivity index (χ0n) is 11.9. The van der Waals surface area contributed by atoms with Gasteiger partial charge >= 0.3 is 5.69 Å². The third-order valence-electron chi connectivity index (χ3n) is 3.46. The largest absolute Gasteiger partial charge is 0.353 e. The number of hydrogen-bond acceptors (Lipinski definition) is 4. The molecule has 2 heterocycles. The summed E-state index contributed by atoms with van der Waals surface area (Å²) in [6.07, 6.45) is 0.945.